The van der Waals surface area contributed by atoms with Crippen LogP contribution in [0.5, 0.6) is 11.5 Å². The molecule has 3 rings (SSSR count). The van der Waals surface area contributed by atoms with Crippen molar-refractivity contribution in [2.45, 2.75) is 19.8 Å². The summed E-state index contributed by atoms with van der Waals surface area (Å²) in [6.07, 6.45) is 3.89. The minimum Gasteiger partial charge on any atom is -0.454 e. The normalized spacial score (nSPS) is 12.9. The van der Waals surface area contributed by atoms with Gasteiger partial charge in [-0.3, -0.25) is 0 Å². The number of hydrogen-bond acceptors (Lipinski definition) is 5. The van der Waals surface area contributed by atoms with Gasteiger partial charge in [-0.25, -0.2) is 4.98 Å². The van der Waals surface area contributed by atoms with E-state index in [-0.39, 0.29) is 0 Å². The largest absolute Gasteiger partial charge is 0.454 e. The van der Waals surface area contributed by atoms with E-state index in [4.69, 9.17) is 15.2 Å². The summed E-state index contributed by atoms with van der Waals surface area (Å²) in [4.78, 5) is 6.90. The highest BCUT2D eigenvalue weighted by Gasteiger charge is 2.18. The maximum atomic E-state index is 5.65. The summed E-state index contributed by atoms with van der Waals surface area (Å²) in [5, 5.41) is 2.23. The summed E-state index contributed by atoms with van der Waals surface area (Å²) in [6, 6.07) is 6.06. The van der Waals surface area contributed by atoms with Crippen LogP contribution in [0.1, 0.15) is 19.8 Å². The first kappa shape index (κ1) is 13.9. The zero-order chi connectivity index (χ0) is 14.7. The Morgan fingerprint density at radius 2 is 2.05 bits per heavy atom. The van der Waals surface area contributed by atoms with Gasteiger partial charge in [-0.05, 0) is 43.0 Å². The van der Waals surface area contributed by atoms with Gasteiger partial charge in [0.2, 0.25) is 6.79 Å². The summed E-state index contributed by atoms with van der Waals surface area (Å²) >= 11 is 0. The van der Waals surface area contributed by atoms with Crippen molar-refractivity contribution in [2.75, 3.05) is 31.3 Å². The van der Waals surface area contributed by atoms with Gasteiger partial charge in [-0.1, -0.05) is 6.92 Å². The molecule has 1 aromatic heterocycles. The Bertz CT molecular complexity index is 630. The van der Waals surface area contributed by atoms with Gasteiger partial charge in [0.05, 0.1) is 0 Å². The third kappa shape index (κ3) is 2.74. The number of benzene rings is 1. The van der Waals surface area contributed by atoms with Crippen LogP contribution in [0.4, 0.5) is 5.82 Å². The van der Waals surface area contributed by atoms with Crippen LogP contribution in [-0.4, -0.2) is 31.4 Å². The molecule has 0 atom stereocenters. The van der Waals surface area contributed by atoms with E-state index >= 15 is 0 Å². The molecule has 1 aliphatic heterocycles. The Labute approximate surface area is 124 Å². The average molecular weight is 287 g/mol. The third-order valence-electron chi connectivity index (χ3n) is 3.66. The highest BCUT2D eigenvalue weighted by atomic mass is 16.7. The molecule has 5 nitrogen and oxygen atoms in total. The lowest BCUT2D eigenvalue weighted by atomic mass is 10.1. The molecule has 0 bridgehead atoms. The van der Waals surface area contributed by atoms with Crippen molar-refractivity contribution in [2.24, 2.45) is 5.73 Å². The van der Waals surface area contributed by atoms with Gasteiger partial charge >= 0.3 is 0 Å². The van der Waals surface area contributed by atoms with Crippen LogP contribution in [0.15, 0.2) is 24.4 Å². The molecule has 0 unspecified atom stereocenters. The smallest absolute Gasteiger partial charge is 0.231 e. The molecule has 2 heterocycles. The van der Waals surface area contributed by atoms with Crippen molar-refractivity contribution in [1.82, 2.24) is 4.98 Å². The van der Waals surface area contributed by atoms with Crippen LogP contribution in [0.25, 0.3) is 10.8 Å². The van der Waals surface area contributed by atoms with E-state index in [1.165, 1.54) is 0 Å². The van der Waals surface area contributed by atoms with E-state index in [1.807, 2.05) is 24.4 Å². The number of rotatable bonds is 6. The van der Waals surface area contributed by atoms with E-state index < -0.39 is 0 Å². The molecule has 112 valence electrons. The van der Waals surface area contributed by atoms with Gasteiger partial charge in [0, 0.05) is 24.7 Å². The van der Waals surface area contributed by atoms with Crippen molar-refractivity contribution >= 4 is 16.6 Å². The van der Waals surface area contributed by atoms with Crippen molar-refractivity contribution in [1.29, 1.82) is 0 Å². The summed E-state index contributed by atoms with van der Waals surface area (Å²) in [5.41, 5.74) is 5.65. The Morgan fingerprint density at radius 1 is 1.24 bits per heavy atom. The van der Waals surface area contributed by atoms with Crippen LogP contribution >= 0.6 is 0 Å². The third-order valence-corrected chi connectivity index (χ3v) is 3.66. The Kier molecular flexibility index (Phi) is 4.10. The molecule has 0 saturated heterocycles. The van der Waals surface area contributed by atoms with Crippen LogP contribution in [-0.2, 0) is 0 Å². The first-order valence-electron chi connectivity index (χ1n) is 7.47. The predicted octanol–water partition coefficient (Wildman–Crippen LogP) is 2.53. The van der Waals surface area contributed by atoms with E-state index in [0.29, 0.717) is 13.3 Å². The second-order valence-corrected chi connectivity index (χ2v) is 5.19. The maximum absolute atomic E-state index is 5.65. The molecule has 2 N–H and O–H groups in total. The highest BCUT2D eigenvalue weighted by molar-refractivity contribution is 5.94. The topological polar surface area (TPSA) is 60.6 Å². The van der Waals surface area contributed by atoms with Crippen LogP contribution in [0, 0.1) is 0 Å². The molecule has 1 aliphatic rings. The summed E-state index contributed by atoms with van der Waals surface area (Å²) in [7, 11) is 0. The minimum atomic E-state index is 0.292. The van der Waals surface area contributed by atoms with E-state index in [1.54, 1.807) is 0 Å². The number of anilines is 1. The molecular weight excluding hydrogens is 266 g/mol. The zero-order valence-corrected chi connectivity index (χ0v) is 12.3. The van der Waals surface area contributed by atoms with Crippen LogP contribution in [0.2, 0.25) is 0 Å². The number of aromatic nitrogens is 1. The SMILES string of the molecule is CCCN(CCCN)c1nccc2cc3c(cc12)OCO3. The number of fused-ring (bicyclic) bond motifs is 2. The molecule has 0 saturated carbocycles. The van der Waals surface area contributed by atoms with Gasteiger partial charge in [-0.2, -0.15) is 0 Å². The van der Waals surface area contributed by atoms with Crippen LogP contribution < -0.4 is 20.1 Å². The second-order valence-electron chi connectivity index (χ2n) is 5.19. The molecule has 21 heavy (non-hydrogen) atoms. The fourth-order valence-electron chi connectivity index (χ4n) is 2.67. The van der Waals surface area contributed by atoms with Crippen molar-refractivity contribution in [3.63, 3.8) is 0 Å². The fourth-order valence-corrected chi connectivity index (χ4v) is 2.67. The maximum Gasteiger partial charge on any atom is 0.231 e. The molecule has 0 fully saturated rings. The average Bonchev–Trinajstić information content (AvgIpc) is 2.96. The van der Waals surface area contributed by atoms with Crippen molar-refractivity contribution < 1.29 is 9.47 Å². The Morgan fingerprint density at radius 3 is 2.81 bits per heavy atom. The molecule has 1 aromatic carbocycles. The highest BCUT2D eigenvalue weighted by Crippen LogP contribution is 2.38. The molecule has 0 radical (unpaired) electrons. The first-order chi connectivity index (χ1) is 10.3. The lowest BCUT2D eigenvalue weighted by molar-refractivity contribution is 0.174. The van der Waals surface area contributed by atoms with Crippen molar-refractivity contribution in [3.8, 4) is 11.5 Å². The van der Waals surface area contributed by atoms with Gasteiger partial charge < -0.3 is 20.1 Å². The number of nitrogens with zero attached hydrogens (tertiary/aromatic N) is 2. The monoisotopic (exact) mass is 287 g/mol. The summed E-state index contributed by atoms with van der Waals surface area (Å²) in [6.45, 7) is 5.05. The number of ether oxygens (including phenoxy) is 2. The van der Waals surface area contributed by atoms with Gasteiger partial charge in [0.25, 0.3) is 0 Å². The number of hydrogen-bond donors (Lipinski definition) is 1. The molecule has 5 heteroatoms. The minimum absolute atomic E-state index is 0.292. The number of pyridine rings is 1. The molecule has 0 aliphatic carbocycles. The van der Waals surface area contributed by atoms with Gasteiger partial charge in [0.15, 0.2) is 11.5 Å². The lowest BCUT2D eigenvalue weighted by Gasteiger charge is -2.24. The molecule has 0 spiro atoms. The molecule has 0 amide bonds. The summed E-state index contributed by atoms with van der Waals surface area (Å²) in [5.74, 6) is 2.61. The van der Waals surface area contributed by atoms with E-state index in [9.17, 15) is 0 Å². The van der Waals surface area contributed by atoms with Gasteiger partial charge in [0.1, 0.15) is 5.82 Å². The van der Waals surface area contributed by atoms with Gasteiger partial charge in [-0.15, -0.1) is 0 Å². The predicted molar refractivity (Wildman–Crippen MR) is 84.0 cm³/mol. The standard InChI is InChI=1S/C16H21N3O2/c1-2-7-19(8-3-5-17)16-13-10-15-14(20-11-21-15)9-12(13)4-6-18-16/h4,6,9-10H,2-3,5,7-8,11,17H2,1H3. The second kappa shape index (κ2) is 6.18. The summed E-state index contributed by atoms with van der Waals surface area (Å²) < 4.78 is 10.9. The quantitative estimate of drug-likeness (QED) is 0.884. The zero-order valence-electron chi connectivity index (χ0n) is 12.3. The lowest BCUT2D eigenvalue weighted by Crippen LogP contribution is -2.27. The van der Waals surface area contributed by atoms with E-state index in [2.05, 4.69) is 16.8 Å². The molecule has 2 aromatic rings. The molecular formula is C16H21N3O2. The first-order valence-corrected chi connectivity index (χ1v) is 7.47. The van der Waals surface area contributed by atoms with E-state index in [0.717, 1.165) is 54.0 Å². The Balaban J connectivity index is 2.03. The fraction of sp³-hybridized carbons (Fsp3) is 0.438. The van der Waals surface area contributed by atoms with Crippen molar-refractivity contribution in [3.05, 3.63) is 24.4 Å². The number of nitrogens with two attached hydrogens (primary N) is 1. The Hall–Kier alpha value is -2.01. The van der Waals surface area contributed by atoms with Crippen LogP contribution in [0.3, 0.4) is 0 Å².